The minimum atomic E-state index is 0.104. The van der Waals surface area contributed by atoms with Crippen molar-refractivity contribution in [1.29, 1.82) is 5.26 Å². The Labute approximate surface area is 123 Å². The van der Waals surface area contributed by atoms with Crippen LogP contribution >= 0.6 is 23.4 Å². The molecule has 0 aliphatic rings. The van der Waals surface area contributed by atoms with Gasteiger partial charge in [-0.1, -0.05) is 11.6 Å². The van der Waals surface area contributed by atoms with Gasteiger partial charge in [0.05, 0.1) is 12.5 Å². The van der Waals surface area contributed by atoms with Crippen molar-refractivity contribution in [2.45, 2.75) is 24.2 Å². The first-order valence-corrected chi connectivity index (χ1v) is 7.49. The van der Waals surface area contributed by atoms with Crippen molar-refractivity contribution in [2.24, 2.45) is 0 Å². The first kappa shape index (κ1) is 15.9. The number of hydrogen-bond donors (Lipinski definition) is 0. The number of carbonyl (C=O) groups is 1. The van der Waals surface area contributed by atoms with E-state index in [2.05, 4.69) is 0 Å². The van der Waals surface area contributed by atoms with E-state index in [1.54, 1.807) is 23.7 Å². The maximum Gasteiger partial charge on any atom is 0.222 e. The third kappa shape index (κ3) is 6.51. The highest BCUT2D eigenvalue weighted by Gasteiger charge is 2.07. The summed E-state index contributed by atoms with van der Waals surface area (Å²) in [6.07, 6.45) is 1.76. The Morgan fingerprint density at radius 2 is 2.11 bits per heavy atom. The second-order valence-corrected chi connectivity index (χ2v) is 5.73. The van der Waals surface area contributed by atoms with Crippen molar-refractivity contribution in [3.05, 3.63) is 29.3 Å². The van der Waals surface area contributed by atoms with Gasteiger partial charge in [0.2, 0.25) is 5.91 Å². The molecule has 0 spiro atoms. The number of benzene rings is 1. The van der Waals surface area contributed by atoms with Crippen LogP contribution in [0, 0.1) is 11.3 Å². The van der Waals surface area contributed by atoms with Crippen LogP contribution < -0.4 is 0 Å². The fraction of sp³-hybridized carbons (Fsp3) is 0.429. The summed E-state index contributed by atoms with van der Waals surface area (Å²) >= 11 is 7.53. The van der Waals surface area contributed by atoms with Gasteiger partial charge in [-0.3, -0.25) is 4.79 Å². The monoisotopic (exact) mass is 296 g/mol. The van der Waals surface area contributed by atoms with E-state index < -0.39 is 0 Å². The molecule has 0 N–H and O–H groups in total. The molecule has 0 heterocycles. The smallest absolute Gasteiger partial charge is 0.222 e. The summed E-state index contributed by atoms with van der Waals surface area (Å²) in [6, 6.07) is 9.73. The number of thioether (sulfide) groups is 1. The minimum absolute atomic E-state index is 0.104. The Kier molecular flexibility index (Phi) is 7.39. The first-order valence-electron chi connectivity index (χ1n) is 6.13. The van der Waals surface area contributed by atoms with E-state index in [4.69, 9.17) is 16.9 Å². The lowest BCUT2D eigenvalue weighted by Gasteiger charge is -2.15. The van der Waals surface area contributed by atoms with E-state index in [1.165, 1.54) is 0 Å². The van der Waals surface area contributed by atoms with Crippen molar-refractivity contribution >= 4 is 29.3 Å². The summed E-state index contributed by atoms with van der Waals surface area (Å²) in [5.41, 5.74) is 0. The summed E-state index contributed by atoms with van der Waals surface area (Å²) in [5, 5.41) is 9.19. The number of carbonyl (C=O) groups excluding carboxylic acids is 1. The summed E-state index contributed by atoms with van der Waals surface area (Å²) in [7, 11) is 1.74. The highest BCUT2D eigenvalue weighted by molar-refractivity contribution is 7.99. The zero-order valence-electron chi connectivity index (χ0n) is 10.9. The number of halogens is 1. The molecule has 1 aromatic carbocycles. The van der Waals surface area contributed by atoms with E-state index in [0.29, 0.717) is 19.4 Å². The molecule has 0 atom stereocenters. The van der Waals surface area contributed by atoms with Gasteiger partial charge in [0.15, 0.2) is 0 Å². The van der Waals surface area contributed by atoms with Crippen LogP contribution in [-0.4, -0.2) is 30.2 Å². The van der Waals surface area contributed by atoms with Crippen LogP contribution in [0.1, 0.15) is 19.3 Å². The Bertz CT molecular complexity index is 442. The molecule has 3 nitrogen and oxygen atoms in total. The van der Waals surface area contributed by atoms with Crippen molar-refractivity contribution in [3.8, 4) is 6.07 Å². The van der Waals surface area contributed by atoms with Crippen molar-refractivity contribution < 1.29 is 4.79 Å². The van der Waals surface area contributed by atoms with Gasteiger partial charge < -0.3 is 4.90 Å². The predicted octanol–water partition coefficient (Wildman–Crippen LogP) is 3.58. The molecule has 1 aromatic rings. The third-order valence-electron chi connectivity index (χ3n) is 2.60. The molecule has 5 heteroatoms. The van der Waals surface area contributed by atoms with E-state index in [9.17, 15) is 4.79 Å². The van der Waals surface area contributed by atoms with Gasteiger partial charge in [-0.25, -0.2) is 0 Å². The Balaban J connectivity index is 2.18. The molecule has 1 amide bonds. The number of nitriles is 1. The Morgan fingerprint density at radius 1 is 1.42 bits per heavy atom. The van der Waals surface area contributed by atoms with Gasteiger partial charge in [0.25, 0.3) is 0 Å². The lowest BCUT2D eigenvalue weighted by molar-refractivity contribution is -0.129. The molecule has 0 bridgehead atoms. The molecule has 0 saturated heterocycles. The lowest BCUT2D eigenvalue weighted by atomic mass is 10.3. The number of hydrogen-bond acceptors (Lipinski definition) is 3. The highest BCUT2D eigenvalue weighted by atomic mass is 35.5. The second kappa shape index (κ2) is 8.84. The number of nitrogens with zero attached hydrogens (tertiary/aromatic N) is 2. The third-order valence-corrected chi connectivity index (χ3v) is 3.95. The quantitative estimate of drug-likeness (QED) is 0.570. The fourth-order valence-electron chi connectivity index (χ4n) is 1.48. The highest BCUT2D eigenvalue weighted by Crippen LogP contribution is 2.21. The van der Waals surface area contributed by atoms with Crippen LogP contribution in [0.15, 0.2) is 29.2 Å². The maximum absolute atomic E-state index is 11.7. The summed E-state index contributed by atoms with van der Waals surface area (Å²) in [5.74, 6) is 1.01. The first-order chi connectivity index (χ1) is 9.13. The number of amides is 1. The number of rotatable bonds is 7. The molecule has 0 radical (unpaired) electrons. The lowest BCUT2D eigenvalue weighted by Crippen LogP contribution is -2.27. The molecule has 0 aromatic heterocycles. The molecule has 0 saturated carbocycles. The van der Waals surface area contributed by atoms with Crippen LogP contribution in [0.3, 0.4) is 0 Å². The molecule has 0 fully saturated rings. The summed E-state index contributed by atoms with van der Waals surface area (Å²) < 4.78 is 0. The fourth-order valence-corrected chi connectivity index (χ4v) is 2.46. The summed E-state index contributed by atoms with van der Waals surface area (Å²) in [6.45, 7) is 0.514. The zero-order valence-corrected chi connectivity index (χ0v) is 12.5. The molecule has 19 heavy (non-hydrogen) atoms. The minimum Gasteiger partial charge on any atom is -0.345 e. The normalized spacial score (nSPS) is 9.95. The average Bonchev–Trinajstić information content (AvgIpc) is 2.42. The van der Waals surface area contributed by atoms with Gasteiger partial charge in [0.1, 0.15) is 0 Å². The molecule has 1 rings (SSSR count). The van der Waals surface area contributed by atoms with E-state index in [0.717, 1.165) is 22.1 Å². The molecular formula is C14H17ClN2OS. The Morgan fingerprint density at radius 3 is 2.74 bits per heavy atom. The topological polar surface area (TPSA) is 44.1 Å². The molecule has 0 aliphatic heterocycles. The van der Waals surface area contributed by atoms with Crippen LogP contribution in [0.4, 0.5) is 0 Å². The summed E-state index contributed by atoms with van der Waals surface area (Å²) in [4.78, 5) is 14.5. The SMILES string of the molecule is CN(CCC#N)C(=O)CCCSc1ccc(Cl)cc1. The van der Waals surface area contributed by atoms with Gasteiger partial charge in [-0.15, -0.1) is 11.8 Å². The van der Waals surface area contributed by atoms with E-state index >= 15 is 0 Å². The van der Waals surface area contributed by atoms with Crippen LogP contribution in [0.25, 0.3) is 0 Å². The van der Waals surface area contributed by atoms with Gasteiger partial charge in [-0.2, -0.15) is 5.26 Å². The van der Waals surface area contributed by atoms with Crippen molar-refractivity contribution in [2.75, 3.05) is 19.3 Å². The molecule has 0 unspecified atom stereocenters. The van der Waals surface area contributed by atoms with E-state index in [-0.39, 0.29) is 5.91 Å². The zero-order chi connectivity index (χ0) is 14.1. The van der Waals surface area contributed by atoms with Crippen LogP contribution in [0.2, 0.25) is 5.02 Å². The molecule has 0 aliphatic carbocycles. The second-order valence-electron chi connectivity index (χ2n) is 4.13. The van der Waals surface area contributed by atoms with Crippen LogP contribution in [0.5, 0.6) is 0 Å². The largest absolute Gasteiger partial charge is 0.345 e. The maximum atomic E-state index is 11.7. The molecule has 102 valence electrons. The molecular weight excluding hydrogens is 280 g/mol. The van der Waals surface area contributed by atoms with E-state index in [1.807, 2.05) is 30.3 Å². The van der Waals surface area contributed by atoms with Gasteiger partial charge in [0, 0.05) is 29.9 Å². The predicted molar refractivity (Wildman–Crippen MR) is 79.3 cm³/mol. The van der Waals surface area contributed by atoms with Crippen LogP contribution in [-0.2, 0) is 4.79 Å². The Hall–Kier alpha value is -1.18. The van der Waals surface area contributed by atoms with Crippen molar-refractivity contribution in [1.82, 2.24) is 4.90 Å². The average molecular weight is 297 g/mol. The van der Waals surface area contributed by atoms with Gasteiger partial charge >= 0.3 is 0 Å². The standard InChI is InChI=1S/C14H17ClN2OS/c1-17(10-3-9-16)14(18)4-2-11-19-13-7-5-12(15)6-8-13/h5-8H,2-4,10-11H2,1H3. The van der Waals surface area contributed by atoms with Crippen molar-refractivity contribution in [3.63, 3.8) is 0 Å². The van der Waals surface area contributed by atoms with Gasteiger partial charge in [-0.05, 0) is 36.4 Å².